The summed E-state index contributed by atoms with van der Waals surface area (Å²) in [6, 6.07) is 0. The fourth-order valence-electron chi connectivity index (χ4n) is 0. The number of hydrogen-bond acceptors (Lipinski definition) is 21. The minimum Gasteiger partial charge on any atom is -0.759 e. The van der Waals surface area contributed by atoms with Crippen LogP contribution in [0.25, 0.3) is 0 Å². The molecular formula is C3H6O21S5Ta2. The molecule has 0 aromatic carbocycles. The Kier molecular flexibility index (Phi) is 40.5. The SMILES string of the molecule is CC(C)=O.O=S(=O)([O-])[O-].O=S(=O)([O-])[O-].O=S(=O)([O-])[O-].O=S(=O)([O-])[O-].O=S(=O)([O-])[O-].[Ta+5].[Ta+5]. The predicted octanol–water partition coefficient (Wildman–Crippen LogP) is -6.10. The average molecular weight is 900 g/mol. The van der Waals surface area contributed by atoms with E-state index in [-0.39, 0.29) is 50.5 Å². The van der Waals surface area contributed by atoms with Crippen molar-refractivity contribution in [1.82, 2.24) is 0 Å². The van der Waals surface area contributed by atoms with E-state index >= 15 is 0 Å². The fourth-order valence-corrected chi connectivity index (χ4v) is 0. The van der Waals surface area contributed by atoms with E-state index in [0.717, 1.165) is 0 Å². The summed E-state index contributed by atoms with van der Waals surface area (Å²) in [6.45, 7) is 3.06. The van der Waals surface area contributed by atoms with E-state index in [1.54, 1.807) is 0 Å². The summed E-state index contributed by atoms with van der Waals surface area (Å²) in [5.41, 5.74) is 0. The Morgan fingerprint density at radius 2 is 0.387 bits per heavy atom. The van der Waals surface area contributed by atoms with Gasteiger partial charge in [0.2, 0.25) is 0 Å². The summed E-state index contributed by atoms with van der Waals surface area (Å²) in [6.07, 6.45) is 0. The quantitative estimate of drug-likeness (QED) is 0.161. The molecular weight excluding hydrogens is 894 g/mol. The standard InChI is InChI=1S/C3H6O.5H2O4S.2Ta/c1-3(2)4;5*1-5(2,3)4;;/h1-2H3;5*(H2,1,2,3,4);;/q;;;;;;2*+5/p-10. The van der Waals surface area contributed by atoms with Crippen LogP contribution in [0.4, 0.5) is 0 Å². The molecule has 0 atom stereocenters. The molecule has 0 N–H and O–H groups in total. The van der Waals surface area contributed by atoms with Crippen LogP contribution in [0.5, 0.6) is 0 Å². The molecule has 0 spiro atoms. The molecule has 0 aliphatic rings. The third kappa shape index (κ3) is 98900. The zero-order chi connectivity index (χ0) is 26.1. The van der Waals surface area contributed by atoms with Gasteiger partial charge >= 0.3 is 44.8 Å². The van der Waals surface area contributed by atoms with Crippen molar-refractivity contribution in [2.24, 2.45) is 0 Å². The molecule has 0 rings (SSSR count). The van der Waals surface area contributed by atoms with Crippen molar-refractivity contribution in [2.45, 2.75) is 13.8 Å². The molecule has 0 aromatic rings. The first kappa shape index (κ1) is 53.1. The molecule has 0 aromatic heterocycles. The summed E-state index contributed by atoms with van der Waals surface area (Å²) in [7, 11) is -25.8. The van der Waals surface area contributed by atoms with Crippen molar-refractivity contribution in [3.8, 4) is 0 Å². The topological polar surface area (TPSA) is 418 Å². The molecule has 0 aliphatic carbocycles. The van der Waals surface area contributed by atoms with Gasteiger partial charge in [-0.15, -0.1) is 0 Å². The second kappa shape index (κ2) is 23.7. The molecule has 0 aliphatic heterocycles. The number of Topliss-reactive ketones (excluding diaryl/α,β-unsaturated/α-hetero) is 1. The van der Waals surface area contributed by atoms with E-state index in [0.29, 0.717) is 0 Å². The van der Waals surface area contributed by atoms with Gasteiger partial charge in [0.1, 0.15) is 5.78 Å². The maximum absolute atomic E-state index is 9.44. The summed E-state index contributed by atoms with van der Waals surface area (Å²) in [5, 5.41) is 0. The van der Waals surface area contributed by atoms with Gasteiger partial charge < -0.3 is 50.3 Å². The number of carbonyl (C=O) groups excluding carboxylic acids is 1. The number of carbonyl (C=O) groups is 1. The zero-order valence-corrected chi connectivity index (χ0v) is 24.5. The average Bonchev–Trinajstić information content (AvgIpc) is 1.96. The van der Waals surface area contributed by atoms with Crippen molar-refractivity contribution in [3.05, 3.63) is 0 Å². The molecule has 0 saturated carbocycles. The van der Waals surface area contributed by atoms with Crippen LogP contribution in [0.1, 0.15) is 13.8 Å². The van der Waals surface area contributed by atoms with Crippen molar-refractivity contribution in [2.75, 3.05) is 0 Å². The van der Waals surface area contributed by atoms with E-state index in [2.05, 4.69) is 0 Å². The minimum absolute atomic E-state index is 0. The van der Waals surface area contributed by atoms with Gasteiger partial charge in [0.15, 0.2) is 0 Å². The number of ketones is 1. The monoisotopic (exact) mass is 900 g/mol. The van der Waals surface area contributed by atoms with E-state index < -0.39 is 52.0 Å². The molecule has 184 valence electrons. The van der Waals surface area contributed by atoms with Crippen molar-refractivity contribution < 1.29 is 137 Å². The Balaban J connectivity index is -0.0000000337. The third-order valence-corrected chi connectivity index (χ3v) is 0. The summed E-state index contributed by atoms with van der Waals surface area (Å²) < 4.78 is 170. The van der Waals surface area contributed by atoms with Gasteiger partial charge in [-0.25, -0.2) is 0 Å². The molecule has 0 radical (unpaired) electrons. The first-order valence-electron chi connectivity index (χ1n) is 4.54. The van der Waals surface area contributed by atoms with Crippen LogP contribution in [-0.4, -0.2) is 93.4 Å². The Bertz CT molecular complexity index is 718. The van der Waals surface area contributed by atoms with Crippen molar-refractivity contribution >= 4 is 57.8 Å². The normalized spacial score (nSPS) is 10.2. The molecule has 0 bridgehead atoms. The maximum Gasteiger partial charge on any atom is 5.00 e. The molecule has 0 unspecified atom stereocenters. The van der Waals surface area contributed by atoms with Gasteiger partial charge in [0.05, 0.1) is 0 Å². The predicted molar refractivity (Wildman–Crippen MR) is 68.7 cm³/mol. The Morgan fingerprint density at radius 3 is 0.387 bits per heavy atom. The molecule has 28 heteroatoms. The number of rotatable bonds is 0. The van der Waals surface area contributed by atoms with E-state index in [1.165, 1.54) is 13.8 Å². The van der Waals surface area contributed by atoms with E-state index in [1.807, 2.05) is 0 Å². The molecule has 0 heterocycles. The summed E-state index contributed by atoms with van der Waals surface area (Å²) in [5.74, 6) is 0.167. The van der Waals surface area contributed by atoms with Crippen LogP contribution >= 0.6 is 0 Å². The van der Waals surface area contributed by atoms with Crippen LogP contribution in [0.2, 0.25) is 0 Å². The molecule has 0 fully saturated rings. The third-order valence-electron chi connectivity index (χ3n) is 0. The second-order valence-electron chi connectivity index (χ2n) is 2.95. The smallest absolute Gasteiger partial charge is 0.759 e. The maximum atomic E-state index is 9.44. The molecule has 0 amide bonds. The first-order valence-corrected chi connectivity index (χ1v) is 11.2. The number of hydrogen-bond donors (Lipinski definition) is 0. The minimum atomic E-state index is -5.17. The van der Waals surface area contributed by atoms with Gasteiger partial charge in [-0.05, 0) is 13.8 Å². The summed E-state index contributed by atoms with van der Waals surface area (Å²) >= 11 is 0. The fraction of sp³-hybridized carbons (Fsp3) is 0.667. The first-order chi connectivity index (χ1) is 11.7. The van der Waals surface area contributed by atoms with Crippen LogP contribution in [-0.2, 0) is 102 Å². The van der Waals surface area contributed by atoms with Gasteiger partial charge in [-0.3, -0.25) is 42.1 Å². The van der Waals surface area contributed by atoms with Gasteiger partial charge in [0, 0.05) is 52.0 Å². The Morgan fingerprint density at radius 1 is 0.387 bits per heavy atom. The largest absolute Gasteiger partial charge is 5.00 e. The van der Waals surface area contributed by atoms with E-state index in [9.17, 15) is 4.79 Å². The van der Waals surface area contributed by atoms with E-state index in [4.69, 9.17) is 87.6 Å². The van der Waals surface area contributed by atoms with Crippen LogP contribution in [0.15, 0.2) is 0 Å². The van der Waals surface area contributed by atoms with Crippen LogP contribution < -0.4 is 0 Å². The van der Waals surface area contributed by atoms with Crippen LogP contribution in [0, 0.1) is 0 Å². The van der Waals surface area contributed by atoms with Gasteiger partial charge in [0.25, 0.3) is 0 Å². The van der Waals surface area contributed by atoms with Gasteiger partial charge in [-0.2, -0.15) is 0 Å². The van der Waals surface area contributed by atoms with Crippen molar-refractivity contribution in [3.63, 3.8) is 0 Å². The zero-order valence-electron chi connectivity index (χ0n) is 14.0. The Labute approximate surface area is 207 Å². The second-order valence-corrected chi connectivity index (χ2v) is 7.03. The molecule has 21 nitrogen and oxygen atoms in total. The molecule has 0 saturated heterocycles. The summed E-state index contributed by atoms with van der Waals surface area (Å²) in [4.78, 5) is 9.44. The Hall–Kier alpha value is 0.501. The van der Waals surface area contributed by atoms with Crippen molar-refractivity contribution in [1.29, 1.82) is 0 Å². The van der Waals surface area contributed by atoms with Crippen LogP contribution in [0.3, 0.4) is 0 Å². The molecule has 31 heavy (non-hydrogen) atoms. The van der Waals surface area contributed by atoms with Gasteiger partial charge in [-0.1, -0.05) is 0 Å².